The number of amides is 1. The first-order chi connectivity index (χ1) is 7.16. The minimum atomic E-state index is 0. The lowest BCUT2D eigenvalue weighted by atomic mass is 9.93. The molecule has 2 aliphatic rings. The Balaban J connectivity index is 0.00000128. The predicted molar refractivity (Wildman–Crippen MR) is 67.8 cm³/mol. The molecule has 4 heteroatoms. The minimum Gasteiger partial charge on any atom is -0.342 e. The summed E-state index contributed by atoms with van der Waals surface area (Å²) in [6.07, 6.45) is 3.11. The Morgan fingerprint density at radius 1 is 1.44 bits per heavy atom. The third-order valence-corrected chi connectivity index (χ3v) is 3.59. The highest BCUT2D eigenvalue weighted by Gasteiger charge is 2.34. The van der Waals surface area contributed by atoms with Crippen LogP contribution >= 0.6 is 12.4 Å². The van der Waals surface area contributed by atoms with E-state index in [1.165, 1.54) is 6.42 Å². The quantitative estimate of drug-likeness (QED) is 0.804. The van der Waals surface area contributed by atoms with E-state index in [1.54, 1.807) is 0 Å². The molecule has 0 aromatic heterocycles. The van der Waals surface area contributed by atoms with Gasteiger partial charge in [-0.15, -0.1) is 12.4 Å². The summed E-state index contributed by atoms with van der Waals surface area (Å²) >= 11 is 0. The Bertz CT molecular complexity index is 245. The number of piperidine rings is 1. The van der Waals surface area contributed by atoms with Crippen LogP contribution in [0, 0.1) is 11.8 Å². The van der Waals surface area contributed by atoms with E-state index < -0.39 is 0 Å². The Hall–Kier alpha value is -0.280. The van der Waals surface area contributed by atoms with Crippen molar-refractivity contribution in [1.29, 1.82) is 0 Å². The molecule has 2 fully saturated rings. The average molecular weight is 247 g/mol. The van der Waals surface area contributed by atoms with Crippen LogP contribution in [0.4, 0.5) is 0 Å². The number of nitrogens with one attached hydrogen (secondary N) is 1. The molecule has 0 bridgehead atoms. The van der Waals surface area contributed by atoms with Gasteiger partial charge in [-0.1, -0.05) is 13.8 Å². The molecule has 0 radical (unpaired) electrons. The number of likely N-dealkylation sites (tertiary alicyclic amines) is 1. The lowest BCUT2D eigenvalue weighted by Gasteiger charge is -2.35. The van der Waals surface area contributed by atoms with Crippen LogP contribution in [-0.2, 0) is 4.79 Å². The van der Waals surface area contributed by atoms with Crippen LogP contribution in [0.25, 0.3) is 0 Å². The van der Waals surface area contributed by atoms with E-state index >= 15 is 0 Å². The molecule has 2 heterocycles. The Kier molecular flexibility index (Phi) is 5.06. The molecule has 3 nitrogen and oxygen atoms in total. The Morgan fingerprint density at radius 2 is 2.19 bits per heavy atom. The molecule has 2 unspecified atom stereocenters. The highest BCUT2D eigenvalue weighted by Crippen LogP contribution is 2.25. The summed E-state index contributed by atoms with van der Waals surface area (Å²) in [6, 6.07) is 0.688. The first-order valence-corrected chi connectivity index (χ1v) is 6.18. The van der Waals surface area contributed by atoms with Gasteiger partial charge >= 0.3 is 0 Å². The molecular formula is C12H23ClN2O. The van der Waals surface area contributed by atoms with E-state index in [4.69, 9.17) is 0 Å². The zero-order valence-corrected chi connectivity index (χ0v) is 11.1. The molecule has 2 atom stereocenters. The van der Waals surface area contributed by atoms with Gasteiger partial charge in [-0.2, -0.15) is 0 Å². The summed E-state index contributed by atoms with van der Waals surface area (Å²) in [5, 5.41) is 3.52. The monoisotopic (exact) mass is 246 g/mol. The fraction of sp³-hybridized carbons (Fsp3) is 0.917. The summed E-state index contributed by atoms with van der Waals surface area (Å²) in [7, 11) is 0. The number of carbonyl (C=O) groups is 1. The molecule has 2 aliphatic heterocycles. The summed E-state index contributed by atoms with van der Waals surface area (Å²) < 4.78 is 0. The largest absolute Gasteiger partial charge is 0.342 e. The number of hydrogen-bond donors (Lipinski definition) is 1. The molecule has 0 aliphatic carbocycles. The number of fused-ring (bicyclic) bond motifs is 1. The zero-order valence-electron chi connectivity index (χ0n) is 10.2. The van der Waals surface area contributed by atoms with Gasteiger partial charge in [0, 0.05) is 25.6 Å². The van der Waals surface area contributed by atoms with Gasteiger partial charge in [0.1, 0.15) is 0 Å². The van der Waals surface area contributed by atoms with Crippen molar-refractivity contribution in [2.75, 3.05) is 19.6 Å². The van der Waals surface area contributed by atoms with Crippen LogP contribution in [0.5, 0.6) is 0 Å². The maximum Gasteiger partial charge on any atom is 0.222 e. The van der Waals surface area contributed by atoms with Gasteiger partial charge in [-0.05, 0) is 31.2 Å². The minimum absolute atomic E-state index is 0. The normalized spacial score (nSPS) is 28.8. The lowest BCUT2D eigenvalue weighted by Crippen LogP contribution is -2.47. The van der Waals surface area contributed by atoms with E-state index in [0.29, 0.717) is 24.3 Å². The highest BCUT2D eigenvalue weighted by atomic mass is 35.5. The van der Waals surface area contributed by atoms with Crippen molar-refractivity contribution in [1.82, 2.24) is 10.2 Å². The summed E-state index contributed by atoms with van der Waals surface area (Å²) in [6.45, 7) is 7.31. The molecule has 2 saturated heterocycles. The molecule has 16 heavy (non-hydrogen) atoms. The van der Waals surface area contributed by atoms with E-state index in [2.05, 4.69) is 24.1 Å². The van der Waals surface area contributed by atoms with Gasteiger partial charge in [0.2, 0.25) is 5.91 Å². The molecule has 2 rings (SSSR count). The van der Waals surface area contributed by atoms with Gasteiger partial charge in [-0.25, -0.2) is 0 Å². The molecular weight excluding hydrogens is 224 g/mol. The van der Waals surface area contributed by atoms with Gasteiger partial charge in [0.25, 0.3) is 0 Å². The highest BCUT2D eigenvalue weighted by molar-refractivity contribution is 5.85. The van der Waals surface area contributed by atoms with Gasteiger partial charge < -0.3 is 10.2 Å². The number of hydrogen-bond acceptors (Lipinski definition) is 2. The second-order valence-electron chi connectivity index (χ2n) is 5.34. The maximum absolute atomic E-state index is 11.9. The van der Waals surface area contributed by atoms with Crippen molar-refractivity contribution in [2.45, 2.75) is 39.2 Å². The standard InChI is InChI=1S/C12H22N2O.ClH/c1-9(2)7-12(15)14-6-4-11-10(8-14)3-5-13-11;/h9-11,13H,3-8H2,1-2H3;1H. The van der Waals surface area contributed by atoms with Gasteiger partial charge in [-0.3, -0.25) is 4.79 Å². The molecule has 94 valence electrons. The first-order valence-electron chi connectivity index (χ1n) is 6.18. The zero-order chi connectivity index (χ0) is 10.8. The van der Waals surface area contributed by atoms with E-state index in [-0.39, 0.29) is 12.4 Å². The molecule has 0 saturated carbocycles. The Labute approximate surface area is 104 Å². The van der Waals surface area contributed by atoms with Crippen molar-refractivity contribution in [3.63, 3.8) is 0 Å². The Morgan fingerprint density at radius 3 is 2.88 bits per heavy atom. The number of rotatable bonds is 2. The molecule has 0 spiro atoms. The van der Waals surface area contributed by atoms with Crippen molar-refractivity contribution < 1.29 is 4.79 Å². The molecule has 0 aromatic carbocycles. The molecule has 1 amide bonds. The van der Waals surface area contributed by atoms with Crippen molar-refractivity contribution in [2.24, 2.45) is 11.8 Å². The smallest absolute Gasteiger partial charge is 0.222 e. The number of carbonyl (C=O) groups excluding carboxylic acids is 1. The first kappa shape index (κ1) is 13.8. The summed E-state index contributed by atoms with van der Waals surface area (Å²) in [5.41, 5.74) is 0. The van der Waals surface area contributed by atoms with Crippen LogP contribution in [0.2, 0.25) is 0 Å². The van der Waals surface area contributed by atoms with Gasteiger partial charge in [0.05, 0.1) is 0 Å². The maximum atomic E-state index is 11.9. The SMILES string of the molecule is CC(C)CC(=O)N1CCC2NCCC2C1.Cl. The van der Waals surface area contributed by atoms with Crippen LogP contribution in [0.3, 0.4) is 0 Å². The summed E-state index contributed by atoms with van der Waals surface area (Å²) in [5.74, 6) is 1.56. The second-order valence-corrected chi connectivity index (χ2v) is 5.34. The van der Waals surface area contributed by atoms with E-state index in [1.807, 2.05) is 0 Å². The topological polar surface area (TPSA) is 32.3 Å². The second kappa shape index (κ2) is 5.87. The van der Waals surface area contributed by atoms with Gasteiger partial charge in [0.15, 0.2) is 0 Å². The number of nitrogens with zero attached hydrogens (tertiary/aromatic N) is 1. The lowest BCUT2D eigenvalue weighted by molar-refractivity contribution is -0.133. The van der Waals surface area contributed by atoms with E-state index in [9.17, 15) is 4.79 Å². The van der Waals surface area contributed by atoms with Crippen LogP contribution in [0.15, 0.2) is 0 Å². The fourth-order valence-electron chi connectivity index (χ4n) is 2.75. The van der Waals surface area contributed by atoms with E-state index in [0.717, 1.165) is 32.0 Å². The van der Waals surface area contributed by atoms with Crippen molar-refractivity contribution in [3.8, 4) is 0 Å². The third kappa shape index (κ3) is 3.11. The van der Waals surface area contributed by atoms with Crippen molar-refractivity contribution in [3.05, 3.63) is 0 Å². The molecule has 0 aromatic rings. The molecule has 1 N–H and O–H groups in total. The third-order valence-electron chi connectivity index (χ3n) is 3.59. The summed E-state index contributed by atoms with van der Waals surface area (Å²) in [4.78, 5) is 14.0. The van der Waals surface area contributed by atoms with Crippen LogP contribution < -0.4 is 5.32 Å². The van der Waals surface area contributed by atoms with Crippen LogP contribution in [-0.4, -0.2) is 36.5 Å². The van der Waals surface area contributed by atoms with Crippen LogP contribution in [0.1, 0.15) is 33.1 Å². The number of halogens is 1. The average Bonchev–Trinajstić information content (AvgIpc) is 2.62. The fourth-order valence-corrected chi connectivity index (χ4v) is 2.75. The van der Waals surface area contributed by atoms with Crippen molar-refractivity contribution >= 4 is 18.3 Å². The predicted octanol–water partition coefficient (Wildman–Crippen LogP) is 1.66.